The van der Waals surface area contributed by atoms with Gasteiger partial charge >= 0.3 is 0 Å². The lowest BCUT2D eigenvalue weighted by Gasteiger charge is -1.91. The molecule has 0 aliphatic carbocycles. The highest BCUT2D eigenvalue weighted by Gasteiger charge is 1.93. The Morgan fingerprint density at radius 2 is 2.70 bits per heavy atom. The fourth-order valence-corrected chi connectivity index (χ4v) is 1.02. The molecule has 1 aromatic rings. The number of rotatable bonds is 4. The molecule has 1 rings (SSSR count). The van der Waals surface area contributed by atoms with Crippen molar-refractivity contribution < 1.29 is 4.79 Å². The van der Waals surface area contributed by atoms with E-state index in [4.69, 9.17) is 0 Å². The summed E-state index contributed by atoms with van der Waals surface area (Å²) in [5, 5.41) is 2.53. The van der Waals surface area contributed by atoms with Gasteiger partial charge in [-0.25, -0.2) is 4.98 Å². The molecule has 10 heavy (non-hydrogen) atoms. The van der Waals surface area contributed by atoms with Gasteiger partial charge in [-0.2, -0.15) is 4.37 Å². The molecular weight excluding hydrogens is 150 g/mol. The predicted octanol–water partition coefficient (Wildman–Crippen LogP) is -0.173. The molecule has 1 amide bonds. The first-order valence-electron chi connectivity index (χ1n) is 2.86. The third-order valence-corrected chi connectivity index (χ3v) is 1.50. The average Bonchev–Trinajstić information content (AvgIpc) is 2.41. The molecule has 1 heterocycles. The number of nitrogens with one attached hydrogen (secondary N) is 1. The van der Waals surface area contributed by atoms with Crippen LogP contribution in [0.25, 0.3) is 0 Å². The Morgan fingerprint density at radius 3 is 3.30 bits per heavy atom. The Hall–Kier alpha value is -0.970. The normalized spacial score (nSPS) is 9.20. The van der Waals surface area contributed by atoms with Crippen molar-refractivity contribution in [3.05, 3.63) is 11.3 Å². The summed E-state index contributed by atoms with van der Waals surface area (Å²) >= 11 is 1.32. The van der Waals surface area contributed by atoms with Crippen LogP contribution in [0.5, 0.6) is 0 Å². The topological polar surface area (TPSA) is 54.9 Å². The van der Waals surface area contributed by atoms with Gasteiger partial charge in [0.1, 0.15) is 11.3 Å². The molecule has 5 heteroatoms. The molecule has 0 saturated carbocycles. The van der Waals surface area contributed by atoms with Crippen molar-refractivity contribution in [2.24, 2.45) is 0 Å². The van der Waals surface area contributed by atoms with Crippen LogP contribution >= 0.6 is 11.5 Å². The van der Waals surface area contributed by atoms with Crippen molar-refractivity contribution in [1.82, 2.24) is 14.7 Å². The van der Waals surface area contributed by atoms with Gasteiger partial charge in [-0.3, -0.25) is 4.79 Å². The van der Waals surface area contributed by atoms with Gasteiger partial charge in [0, 0.05) is 13.0 Å². The van der Waals surface area contributed by atoms with Gasteiger partial charge in [-0.05, 0) is 11.5 Å². The summed E-state index contributed by atoms with van der Waals surface area (Å²) in [6.07, 6.45) is 1.38. The molecule has 1 N–H and O–H groups in total. The number of carbonyl (C=O) groups is 1. The minimum atomic E-state index is 0.611. The van der Waals surface area contributed by atoms with Gasteiger partial charge in [0.05, 0.1) is 0 Å². The number of nitrogens with zero attached hydrogens (tertiary/aromatic N) is 2. The lowest BCUT2D eigenvalue weighted by Crippen LogP contribution is -2.14. The average molecular weight is 157 g/mol. The zero-order valence-corrected chi connectivity index (χ0v) is 6.10. The van der Waals surface area contributed by atoms with Gasteiger partial charge in [0.2, 0.25) is 6.41 Å². The van der Waals surface area contributed by atoms with Crippen molar-refractivity contribution in [3.8, 4) is 0 Å². The van der Waals surface area contributed by atoms with Gasteiger partial charge in [-0.1, -0.05) is 0 Å². The maximum absolute atomic E-state index is 9.78. The van der Waals surface area contributed by atoms with E-state index in [1.54, 1.807) is 5.51 Å². The Labute approximate surface area is 62.5 Å². The Kier molecular flexibility index (Phi) is 2.82. The van der Waals surface area contributed by atoms with Crippen LogP contribution in [0.15, 0.2) is 5.51 Å². The molecule has 0 aliphatic heterocycles. The molecule has 0 aliphatic rings. The van der Waals surface area contributed by atoms with Crippen LogP contribution in [-0.4, -0.2) is 22.3 Å². The van der Waals surface area contributed by atoms with Crippen LogP contribution in [0.4, 0.5) is 0 Å². The standard InChI is InChI=1S/C5H7N3OS/c9-3-6-2-1-5-7-4-10-8-5/h3-4H,1-2H2,(H,6,9). The number of aromatic nitrogens is 2. The Balaban J connectivity index is 2.21. The molecule has 0 atom stereocenters. The van der Waals surface area contributed by atoms with Crippen LogP contribution in [0.1, 0.15) is 5.82 Å². The molecule has 4 nitrogen and oxygen atoms in total. The molecule has 1 aromatic heterocycles. The van der Waals surface area contributed by atoms with Crippen molar-refractivity contribution in [2.75, 3.05) is 6.54 Å². The van der Waals surface area contributed by atoms with E-state index in [0.717, 1.165) is 5.82 Å². The van der Waals surface area contributed by atoms with E-state index in [-0.39, 0.29) is 0 Å². The molecule has 0 unspecified atom stereocenters. The van der Waals surface area contributed by atoms with E-state index < -0.39 is 0 Å². The smallest absolute Gasteiger partial charge is 0.207 e. The van der Waals surface area contributed by atoms with Crippen molar-refractivity contribution in [2.45, 2.75) is 6.42 Å². The molecule has 54 valence electrons. The van der Waals surface area contributed by atoms with Gasteiger partial charge < -0.3 is 5.32 Å². The van der Waals surface area contributed by atoms with Gasteiger partial charge in [0.15, 0.2) is 0 Å². The zero-order valence-electron chi connectivity index (χ0n) is 5.28. The molecule has 0 saturated heterocycles. The van der Waals surface area contributed by atoms with Crippen LogP contribution in [0.3, 0.4) is 0 Å². The summed E-state index contributed by atoms with van der Waals surface area (Å²) in [6, 6.07) is 0. The van der Waals surface area contributed by atoms with Crippen LogP contribution < -0.4 is 5.32 Å². The lowest BCUT2D eigenvalue weighted by molar-refractivity contribution is -0.109. The highest BCUT2D eigenvalue weighted by atomic mass is 32.1. The highest BCUT2D eigenvalue weighted by Crippen LogP contribution is 1.92. The first kappa shape index (κ1) is 7.14. The second-order valence-corrected chi connectivity index (χ2v) is 2.27. The number of amides is 1. The van der Waals surface area contributed by atoms with Crippen LogP contribution in [-0.2, 0) is 11.2 Å². The van der Waals surface area contributed by atoms with Crippen LogP contribution in [0.2, 0.25) is 0 Å². The highest BCUT2D eigenvalue weighted by molar-refractivity contribution is 7.03. The fourth-order valence-electron chi connectivity index (χ4n) is 0.545. The predicted molar refractivity (Wildman–Crippen MR) is 37.7 cm³/mol. The summed E-state index contributed by atoms with van der Waals surface area (Å²) < 4.78 is 3.96. The summed E-state index contributed by atoms with van der Waals surface area (Å²) in [6.45, 7) is 0.611. The quantitative estimate of drug-likeness (QED) is 0.487. The fraction of sp³-hybridized carbons (Fsp3) is 0.400. The number of carbonyl (C=O) groups excluding carboxylic acids is 1. The summed E-state index contributed by atoms with van der Waals surface area (Å²) in [7, 11) is 0. The summed E-state index contributed by atoms with van der Waals surface area (Å²) in [5.74, 6) is 0.791. The van der Waals surface area contributed by atoms with E-state index in [9.17, 15) is 4.79 Å². The first-order chi connectivity index (χ1) is 4.93. The number of hydrogen-bond acceptors (Lipinski definition) is 4. The van der Waals surface area contributed by atoms with E-state index in [2.05, 4.69) is 14.7 Å². The van der Waals surface area contributed by atoms with Crippen molar-refractivity contribution in [3.63, 3.8) is 0 Å². The Morgan fingerprint density at radius 1 is 1.80 bits per heavy atom. The monoisotopic (exact) mass is 157 g/mol. The van der Waals surface area contributed by atoms with E-state index >= 15 is 0 Å². The Bertz CT molecular complexity index is 187. The third-order valence-electron chi connectivity index (χ3n) is 0.983. The minimum Gasteiger partial charge on any atom is -0.358 e. The minimum absolute atomic E-state index is 0.611. The second kappa shape index (κ2) is 3.94. The maximum atomic E-state index is 9.78. The zero-order chi connectivity index (χ0) is 7.23. The second-order valence-electron chi connectivity index (χ2n) is 1.67. The van der Waals surface area contributed by atoms with Crippen molar-refractivity contribution >= 4 is 17.9 Å². The number of hydrogen-bond donors (Lipinski definition) is 1. The third kappa shape index (κ3) is 2.10. The van der Waals surface area contributed by atoms with Crippen LogP contribution in [0, 0.1) is 0 Å². The summed E-state index contributed by atoms with van der Waals surface area (Å²) in [4.78, 5) is 13.7. The van der Waals surface area contributed by atoms with Crippen molar-refractivity contribution in [1.29, 1.82) is 0 Å². The molecule has 0 fully saturated rings. The molecule has 0 bridgehead atoms. The SMILES string of the molecule is O=CNCCc1ncsn1. The molecular formula is C5H7N3OS. The first-order valence-corrected chi connectivity index (χ1v) is 3.69. The molecule has 0 spiro atoms. The van der Waals surface area contributed by atoms with E-state index in [1.807, 2.05) is 0 Å². The van der Waals surface area contributed by atoms with Gasteiger partial charge in [-0.15, -0.1) is 0 Å². The van der Waals surface area contributed by atoms with E-state index in [0.29, 0.717) is 19.4 Å². The molecule has 0 radical (unpaired) electrons. The van der Waals surface area contributed by atoms with Gasteiger partial charge in [0.25, 0.3) is 0 Å². The molecule has 0 aromatic carbocycles. The van der Waals surface area contributed by atoms with E-state index in [1.165, 1.54) is 11.5 Å². The summed E-state index contributed by atoms with van der Waals surface area (Å²) in [5.41, 5.74) is 1.68. The largest absolute Gasteiger partial charge is 0.358 e. The lowest BCUT2D eigenvalue weighted by atomic mass is 10.4. The maximum Gasteiger partial charge on any atom is 0.207 e.